The van der Waals surface area contributed by atoms with Crippen LogP contribution in [0.5, 0.6) is 0 Å². The molecular weight excluding hydrogens is 308 g/mol. The molecule has 18 heavy (non-hydrogen) atoms. The van der Waals surface area contributed by atoms with Crippen LogP contribution in [-0.4, -0.2) is 31.1 Å². The van der Waals surface area contributed by atoms with Crippen molar-refractivity contribution in [1.29, 1.82) is 0 Å². The van der Waals surface area contributed by atoms with E-state index in [0.29, 0.717) is 0 Å². The Balaban J connectivity index is 2.15. The molecule has 104 valence electrons. The summed E-state index contributed by atoms with van der Waals surface area (Å²) in [5, 5.41) is 5.66. The molecule has 0 aromatic carbocycles. The van der Waals surface area contributed by atoms with E-state index in [0.717, 1.165) is 32.1 Å². The number of thiophene rings is 1. The van der Waals surface area contributed by atoms with E-state index in [1.165, 1.54) is 22.3 Å². The highest BCUT2D eigenvalue weighted by Gasteiger charge is 2.06. The molecule has 4 heteroatoms. The predicted octanol–water partition coefficient (Wildman–Crippen LogP) is 3.97. The van der Waals surface area contributed by atoms with Gasteiger partial charge in [0.05, 0.1) is 0 Å². The molecule has 0 aliphatic rings. The van der Waals surface area contributed by atoms with Crippen LogP contribution in [0.25, 0.3) is 0 Å². The lowest BCUT2D eigenvalue weighted by molar-refractivity contribution is 0.245. The van der Waals surface area contributed by atoms with Crippen LogP contribution < -0.4 is 5.32 Å². The molecule has 0 fully saturated rings. The molecule has 1 aromatic rings. The summed E-state index contributed by atoms with van der Waals surface area (Å²) < 4.78 is 1.19. The normalized spacial score (nSPS) is 13.2. The van der Waals surface area contributed by atoms with E-state index in [2.05, 4.69) is 58.4 Å². The molecule has 0 aliphatic carbocycles. The molecule has 1 N–H and O–H groups in total. The molecular formula is C14H25BrN2S. The summed E-state index contributed by atoms with van der Waals surface area (Å²) in [6.45, 7) is 12.4. The lowest BCUT2D eigenvalue weighted by Crippen LogP contribution is -2.34. The van der Waals surface area contributed by atoms with E-state index in [1.807, 2.05) is 0 Å². The average Bonchev–Trinajstić information content (AvgIpc) is 2.78. The van der Waals surface area contributed by atoms with E-state index in [4.69, 9.17) is 0 Å². The fourth-order valence-electron chi connectivity index (χ4n) is 1.84. The van der Waals surface area contributed by atoms with Gasteiger partial charge in [0.15, 0.2) is 0 Å². The summed E-state index contributed by atoms with van der Waals surface area (Å²) in [6.07, 6.45) is 1.27. The van der Waals surface area contributed by atoms with Crippen molar-refractivity contribution in [2.24, 2.45) is 5.92 Å². The molecule has 1 unspecified atom stereocenters. The lowest BCUT2D eigenvalue weighted by atomic mass is 10.1. The number of halogens is 1. The van der Waals surface area contributed by atoms with Gasteiger partial charge >= 0.3 is 0 Å². The van der Waals surface area contributed by atoms with Gasteiger partial charge in [-0.25, -0.2) is 0 Å². The van der Waals surface area contributed by atoms with Crippen LogP contribution in [-0.2, 0) is 6.54 Å². The SMILES string of the molecule is CCC(C)CN(CC)CCNCc1cc(Br)cs1. The smallest absolute Gasteiger partial charge is 0.0300 e. The predicted molar refractivity (Wildman–Crippen MR) is 85.3 cm³/mol. The second-order valence-electron chi connectivity index (χ2n) is 4.81. The largest absolute Gasteiger partial charge is 0.311 e. The van der Waals surface area contributed by atoms with Gasteiger partial charge in [-0.05, 0) is 34.5 Å². The van der Waals surface area contributed by atoms with Gasteiger partial charge in [-0.1, -0.05) is 27.2 Å². The minimum atomic E-state index is 0.804. The zero-order valence-corrected chi connectivity index (χ0v) is 14.1. The second-order valence-corrected chi connectivity index (χ2v) is 6.73. The number of nitrogens with zero attached hydrogens (tertiary/aromatic N) is 1. The van der Waals surface area contributed by atoms with E-state index in [1.54, 1.807) is 11.3 Å². The van der Waals surface area contributed by atoms with Crippen molar-refractivity contribution in [2.75, 3.05) is 26.2 Å². The Kier molecular flexibility index (Phi) is 8.15. The highest BCUT2D eigenvalue weighted by Crippen LogP contribution is 2.19. The Morgan fingerprint density at radius 3 is 2.78 bits per heavy atom. The summed E-state index contributed by atoms with van der Waals surface area (Å²) in [5.74, 6) is 0.804. The number of hydrogen-bond acceptors (Lipinski definition) is 3. The van der Waals surface area contributed by atoms with Crippen molar-refractivity contribution in [3.63, 3.8) is 0 Å². The Hall–Kier alpha value is 0.1000. The maximum absolute atomic E-state index is 3.52. The van der Waals surface area contributed by atoms with Crippen LogP contribution in [0.3, 0.4) is 0 Å². The number of hydrogen-bond donors (Lipinski definition) is 1. The third-order valence-corrected chi connectivity index (χ3v) is 4.94. The van der Waals surface area contributed by atoms with Crippen molar-refractivity contribution >= 4 is 27.3 Å². The molecule has 2 nitrogen and oxygen atoms in total. The molecule has 0 amide bonds. The third kappa shape index (κ3) is 6.32. The number of nitrogens with one attached hydrogen (secondary N) is 1. The monoisotopic (exact) mass is 332 g/mol. The van der Waals surface area contributed by atoms with Gasteiger partial charge in [0, 0.05) is 40.9 Å². The molecule has 0 spiro atoms. The minimum Gasteiger partial charge on any atom is -0.311 e. The van der Waals surface area contributed by atoms with Crippen molar-refractivity contribution in [2.45, 2.75) is 33.7 Å². The highest BCUT2D eigenvalue weighted by atomic mass is 79.9. The topological polar surface area (TPSA) is 15.3 Å². The van der Waals surface area contributed by atoms with E-state index < -0.39 is 0 Å². The Bertz CT molecular complexity index is 327. The van der Waals surface area contributed by atoms with Crippen molar-refractivity contribution in [1.82, 2.24) is 10.2 Å². The van der Waals surface area contributed by atoms with E-state index >= 15 is 0 Å². The second kappa shape index (κ2) is 9.08. The Labute approximate surface area is 124 Å². The van der Waals surface area contributed by atoms with E-state index in [-0.39, 0.29) is 0 Å². The lowest BCUT2D eigenvalue weighted by Gasteiger charge is -2.23. The summed E-state index contributed by atoms with van der Waals surface area (Å²) in [4.78, 5) is 3.93. The summed E-state index contributed by atoms with van der Waals surface area (Å²) in [6, 6.07) is 2.19. The standard InChI is InChI=1S/C14H25BrN2S/c1-4-12(3)10-17(5-2)7-6-16-9-14-8-13(15)11-18-14/h8,11-12,16H,4-7,9-10H2,1-3H3. The molecule has 0 saturated carbocycles. The molecule has 0 bridgehead atoms. The average molecular weight is 333 g/mol. The first-order chi connectivity index (χ1) is 8.65. The van der Waals surface area contributed by atoms with Gasteiger partial charge in [-0.15, -0.1) is 11.3 Å². The van der Waals surface area contributed by atoms with Gasteiger partial charge in [-0.3, -0.25) is 0 Å². The van der Waals surface area contributed by atoms with Crippen molar-refractivity contribution in [3.05, 3.63) is 20.8 Å². The Morgan fingerprint density at radius 2 is 2.22 bits per heavy atom. The molecule has 0 saturated heterocycles. The van der Waals surface area contributed by atoms with Crippen LogP contribution in [0.15, 0.2) is 15.9 Å². The van der Waals surface area contributed by atoms with Gasteiger partial charge in [0.25, 0.3) is 0 Å². The van der Waals surface area contributed by atoms with Crippen LogP contribution >= 0.6 is 27.3 Å². The first-order valence-electron chi connectivity index (χ1n) is 6.81. The quantitative estimate of drug-likeness (QED) is 0.688. The van der Waals surface area contributed by atoms with Gasteiger partial charge in [0.2, 0.25) is 0 Å². The molecule has 1 atom stereocenters. The highest BCUT2D eigenvalue weighted by molar-refractivity contribution is 9.10. The maximum Gasteiger partial charge on any atom is 0.0300 e. The molecule has 0 radical (unpaired) electrons. The molecule has 1 rings (SSSR count). The summed E-state index contributed by atoms with van der Waals surface area (Å²) >= 11 is 5.29. The van der Waals surface area contributed by atoms with Gasteiger partial charge in [0.1, 0.15) is 0 Å². The fourth-order valence-corrected chi connectivity index (χ4v) is 3.26. The minimum absolute atomic E-state index is 0.804. The maximum atomic E-state index is 3.52. The Morgan fingerprint density at radius 1 is 1.44 bits per heavy atom. The van der Waals surface area contributed by atoms with Crippen LogP contribution in [0.1, 0.15) is 32.1 Å². The molecule has 1 aromatic heterocycles. The fraction of sp³-hybridized carbons (Fsp3) is 0.714. The van der Waals surface area contributed by atoms with Crippen LogP contribution in [0.4, 0.5) is 0 Å². The molecule has 0 aliphatic heterocycles. The number of likely N-dealkylation sites (N-methyl/N-ethyl adjacent to an activating group) is 1. The number of rotatable bonds is 9. The van der Waals surface area contributed by atoms with Crippen molar-refractivity contribution < 1.29 is 0 Å². The van der Waals surface area contributed by atoms with Crippen LogP contribution in [0.2, 0.25) is 0 Å². The van der Waals surface area contributed by atoms with Crippen molar-refractivity contribution in [3.8, 4) is 0 Å². The van der Waals surface area contributed by atoms with Gasteiger partial charge in [-0.2, -0.15) is 0 Å². The first kappa shape index (κ1) is 16.2. The third-order valence-electron chi connectivity index (χ3n) is 3.24. The zero-order chi connectivity index (χ0) is 13.4. The summed E-state index contributed by atoms with van der Waals surface area (Å²) in [5.41, 5.74) is 0. The van der Waals surface area contributed by atoms with Gasteiger partial charge < -0.3 is 10.2 Å². The summed E-state index contributed by atoms with van der Waals surface area (Å²) in [7, 11) is 0. The van der Waals surface area contributed by atoms with E-state index in [9.17, 15) is 0 Å². The first-order valence-corrected chi connectivity index (χ1v) is 8.48. The zero-order valence-electron chi connectivity index (χ0n) is 11.7. The molecule has 1 heterocycles. The van der Waals surface area contributed by atoms with Crippen LogP contribution in [0, 0.1) is 5.92 Å².